The van der Waals surface area contributed by atoms with Crippen LogP contribution in [-0.4, -0.2) is 34.7 Å². The van der Waals surface area contributed by atoms with Gasteiger partial charge in [-0.05, 0) is 48.4 Å². The van der Waals surface area contributed by atoms with Gasteiger partial charge in [0.05, 0.1) is 11.5 Å². The van der Waals surface area contributed by atoms with Crippen LogP contribution >= 0.6 is 0 Å². The van der Waals surface area contributed by atoms with Crippen molar-refractivity contribution in [3.63, 3.8) is 0 Å². The predicted molar refractivity (Wildman–Crippen MR) is 97.9 cm³/mol. The van der Waals surface area contributed by atoms with Crippen molar-refractivity contribution in [1.82, 2.24) is 10.0 Å². The molecule has 5 nitrogen and oxygen atoms in total. The van der Waals surface area contributed by atoms with Gasteiger partial charge in [0.2, 0.25) is 10.0 Å². The molecule has 0 radical (unpaired) electrons. The van der Waals surface area contributed by atoms with E-state index in [1.165, 1.54) is 12.1 Å². The molecule has 1 heterocycles. The third kappa shape index (κ3) is 4.70. The van der Waals surface area contributed by atoms with Gasteiger partial charge in [-0.3, -0.25) is 0 Å². The van der Waals surface area contributed by atoms with Crippen LogP contribution in [0.2, 0.25) is 0 Å². The molecule has 27 heavy (non-hydrogen) atoms. The Morgan fingerprint density at radius 2 is 2.00 bits per heavy atom. The number of rotatable bonds is 6. The average Bonchev–Trinajstić information content (AvgIpc) is 2.65. The first-order valence-electron chi connectivity index (χ1n) is 8.66. The molecule has 0 aromatic heterocycles. The normalized spacial score (nSPS) is 20.6. The molecule has 1 fully saturated rings. The monoisotopic (exact) mass is 396 g/mol. The molecule has 8 heteroatoms. The van der Waals surface area contributed by atoms with E-state index >= 15 is 0 Å². The van der Waals surface area contributed by atoms with Crippen molar-refractivity contribution in [2.45, 2.75) is 29.9 Å². The molecule has 1 aliphatic heterocycles. The summed E-state index contributed by atoms with van der Waals surface area (Å²) in [6.45, 7) is 1.39. The first-order valence-corrected chi connectivity index (χ1v) is 10.1. The minimum absolute atomic E-state index is 0.145. The molecule has 0 bridgehead atoms. The van der Waals surface area contributed by atoms with E-state index in [4.69, 9.17) is 4.74 Å². The predicted octanol–water partition coefficient (Wildman–Crippen LogP) is 2.54. The van der Waals surface area contributed by atoms with Crippen molar-refractivity contribution in [2.24, 2.45) is 0 Å². The molecule has 0 saturated carbocycles. The van der Waals surface area contributed by atoms with Gasteiger partial charge >= 0.3 is 0 Å². The minimum atomic E-state index is -3.77. The first-order chi connectivity index (χ1) is 12.9. The molecule has 2 atom stereocenters. The van der Waals surface area contributed by atoms with E-state index in [1.54, 1.807) is 25.3 Å². The van der Waals surface area contributed by atoms with Gasteiger partial charge < -0.3 is 10.1 Å². The van der Waals surface area contributed by atoms with Gasteiger partial charge in [0.1, 0.15) is 0 Å². The summed E-state index contributed by atoms with van der Waals surface area (Å²) in [4.78, 5) is 0.145. The Labute approximate surface area is 157 Å². The summed E-state index contributed by atoms with van der Waals surface area (Å²) in [7, 11) is -2.23. The van der Waals surface area contributed by atoms with E-state index in [0.717, 1.165) is 17.7 Å². The van der Waals surface area contributed by atoms with Crippen LogP contribution in [0.15, 0.2) is 47.4 Å². The molecule has 0 spiro atoms. The summed E-state index contributed by atoms with van der Waals surface area (Å²) >= 11 is 0. The Hall–Kier alpha value is -1.87. The zero-order valence-corrected chi connectivity index (χ0v) is 15.7. The lowest BCUT2D eigenvalue weighted by Crippen LogP contribution is -2.49. The van der Waals surface area contributed by atoms with Gasteiger partial charge in [-0.1, -0.05) is 18.2 Å². The van der Waals surface area contributed by atoms with E-state index in [0.29, 0.717) is 31.7 Å². The molecule has 0 amide bonds. The second-order valence-electron chi connectivity index (χ2n) is 6.58. The number of piperidine rings is 1. The van der Waals surface area contributed by atoms with E-state index in [1.807, 2.05) is 0 Å². The molecule has 146 valence electrons. The van der Waals surface area contributed by atoms with E-state index < -0.39 is 27.7 Å². The second-order valence-corrected chi connectivity index (χ2v) is 8.30. The van der Waals surface area contributed by atoms with E-state index in [-0.39, 0.29) is 10.8 Å². The van der Waals surface area contributed by atoms with Gasteiger partial charge in [0.15, 0.2) is 11.6 Å². The van der Waals surface area contributed by atoms with Crippen LogP contribution in [0.25, 0.3) is 0 Å². The average molecular weight is 396 g/mol. The maximum atomic E-state index is 13.6. The third-order valence-electron chi connectivity index (χ3n) is 4.68. The lowest BCUT2D eigenvalue weighted by Gasteiger charge is -2.33. The number of halogens is 2. The molecule has 2 unspecified atom stereocenters. The van der Waals surface area contributed by atoms with E-state index in [2.05, 4.69) is 10.0 Å². The van der Waals surface area contributed by atoms with Gasteiger partial charge in [-0.15, -0.1) is 0 Å². The lowest BCUT2D eigenvalue weighted by molar-refractivity contribution is 0.184. The number of sulfonamides is 1. The van der Waals surface area contributed by atoms with Crippen molar-refractivity contribution >= 4 is 10.0 Å². The summed E-state index contributed by atoms with van der Waals surface area (Å²) in [6, 6.07) is 9.79. The Bertz CT molecular complexity index is 906. The summed E-state index contributed by atoms with van der Waals surface area (Å²) in [5, 5.41) is 3.15. The molecule has 0 aliphatic carbocycles. The van der Waals surface area contributed by atoms with E-state index in [9.17, 15) is 17.2 Å². The van der Waals surface area contributed by atoms with Gasteiger partial charge in [0.25, 0.3) is 0 Å². The van der Waals surface area contributed by atoms with Crippen LogP contribution < -0.4 is 10.0 Å². The zero-order chi connectivity index (χ0) is 19.4. The topological polar surface area (TPSA) is 67.4 Å². The van der Waals surface area contributed by atoms with Crippen molar-refractivity contribution in [3.8, 4) is 0 Å². The molecule has 1 aliphatic rings. The molecular weight excluding hydrogens is 374 g/mol. The first kappa shape index (κ1) is 19.9. The van der Waals surface area contributed by atoms with Crippen LogP contribution in [0.5, 0.6) is 0 Å². The fourth-order valence-electron chi connectivity index (χ4n) is 3.36. The highest BCUT2D eigenvalue weighted by Gasteiger charge is 2.31. The van der Waals surface area contributed by atoms with Crippen molar-refractivity contribution < 1.29 is 21.9 Å². The molecule has 2 N–H and O–H groups in total. The van der Waals surface area contributed by atoms with Gasteiger partial charge in [0, 0.05) is 25.6 Å². The van der Waals surface area contributed by atoms with Crippen LogP contribution in [0.4, 0.5) is 8.78 Å². The third-order valence-corrected chi connectivity index (χ3v) is 6.17. The fourth-order valence-corrected chi connectivity index (χ4v) is 4.71. The van der Waals surface area contributed by atoms with Gasteiger partial charge in [-0.2, -0.15) is 0 Å². The number of ether oxygens (including phenoxy) is 1. The summed E-state index contributed by atoms with van der Waals surface area (Å²) in [5.41, 5.74) is 1.33. The Morgan fingerprint density at radius 3 is 2.74 bits per heavy atom. The number of nitrogens with one attached hydrogen (secondary N) is 2. The van der Waals surface area contributed by atoms with Crippen molar-refractivity contribution in [3.05, 3.63) is 65.2 Å². The summed E-state index contributed by atoms with van der Waals surface area (Å²) in [5.74, 6) is -2.10. The Balaban J connectivity index is 1.84. The van der Waals surface area contributed by atoms with Crippen LogP contribution in [0.1, 0.15) is 23.5 Å². The molecule has 2 aromatic rings. The fraction of sp³-hybridized carbons (Fsp3) is 0.368. The standard InChI is InChI=1S/C19H22F2N2O3S/c1-26-12-13-3-2-4-15(9-13)27(24,25)23-19-11-22-8-7-16(19)14-5-6-17(20)18(21)10-14/h2-6,9-10,16,19,22-23H,7-8,11-12H2,1H3. The Morgan fingerprint density at radius 1 is 1.19 bits per heavy atom. The Kier molecular flexibility index (Phi) is 6.21. The molecular formula is C19H22F2N2O3S. The molecule has 1 saturated heterocycles. The number of benzene rings is 2. The van der Waals surface area contributed by atoms with Gasteiger partial charge in [-0.25, -0.2) is 21.9 Å². The largest absolute Gasteiger partial charge is 0.380 e. The lowest BCUT2D eigenvalue weighted by atomic mass is 9.86. The van der Waals surface area contributed by atoms with Crippen LogP contribution in [-0.2, 0) is 21.4 Å². The SMILES string of the molecule is COCc1cccc(S(=O)(=O)NC2CNCCC2c2ccc(F)c(F)c2)c1. The molecule has 2 aromatic carbocycles. The highest BCUT2D eigenvalue weighted by atomic mass is 32.2. The zero-order valence-electron chi connectivity index (χ0n) is 14.9. The quantitative estimate of drug-likeness (QED) is 0.788. The summed E-state index contributed by atoms with van der Waals surface area (Å²) < 4.78 is 60.3. The molecule has 3 rings (SSSR count). The number of hydrogen-bond donors (Lipinski definition) is 2. The smallest absolute Gasteiger partial charge is 0.240 e. The van der Waals surface area contributed by atoms with Crippen LogP contribution in [0.3, 0.4) is 0 Å². The second kappa shape index (κ2) is 8.43. The minimum Gasteiger partial charge on any atom is -0.380 e. The number of hydrogen-bond acceptors (Lipinski definition) is 4. The van der Waals surface area contributed by atoms with Crippen molar-refractivity contribution in [1.29, 1.82) is 0 Å². The highest BCUT2D eigenvalue weighted by Crippen LogP contribution is 2.28. The van der Waals surface area contributed by atoms with Crippen molar-refractivity contribution in [2.75, 3.05) is 20.2 Å². The number of methoxy groups -OCH3 is 1. The maximum Gasteiger partial charge on any atom is 0.240 e. The highest BCUT2D eigenvalue weighted by molar-refractivity contribution is 7.89. The maximum absolute atomic E-state index is 13.6. The summed E-state index contributed by atoms with van der Waals surface area (Å²) in [6.07, 6.45) is 0.613. The van der Waals surface area contributed by atoms with Crippen LogP contribution in [0, 0.1) is 11.6 Å².